The highest BCUT2D eigenvalue weighted by Gasteiger charge is 2.28. The van der Waals surface area contributed by atoms with Gasteiger partial charge in [0, 0.05) is 17.5 Å². The van der Waals surface area contributed by atoms with Crippen molar-refractivity contribution in [2.24, 2.45) is 0 Å². The molecular formula is C17H21F2N3O2S. The summed E-state index contributed by atoms with van der Waals surface area (Å²) in [7, 11) is 1.56. The summed E-state index contributed by atoms with van der Waals surface area (Å²) in [6.07, 6.45) is -0.245. The normalized spacial score (nSPS) is 12.8. The first-order valence-electron chi connectivity index (χ1n) is 7.89. The lowest BCUT2D eigenvalue weighted by atomic mass is 10.1. The van der Waals surface area contributed by atoms with Crippen LogP contribution in [0.3, 0.4) is 0 Å². The Balaban J connectivity index is 0.000000386. The van der Waals surface area contributed by atoms with Crippen LogP contribution in [0.4, 0.5) is 13.6 Å². The molecule has 1 aliphatic heterocycles. The zero-order valence-corrected chi connectivity index (χ0v) is 15.7. The number of carbonyl (C=O) groups is 1. The molecule has 1 aliphatic rings. The number of amides is 1. The van der Waals surface area contributed by atoms with Gasteiger partial charge in [-0.1, -0.05) is 25.6 Å². The molecule has 0 unspecified atom stereocenters. The van der Waals surface area contributed by atoms with Crippen LogP contribution >= 0.6 is 11.8 Å². The van der Waals surface area contributed by atoms with Gasteiger partial charge in [-0.15, -0.1) is 5.06 Å². The predicted molar refractivity (Wildman–Crippen MR) is 91.5 cm³/mol. The zero-order valence-electron chi connectivity index (χ0n) is 14.8. The number of nitrogens with zero attached hydrogens (tertiary/aromatic N) is 3. The molecule has 1 amide bonds. The van der Waals surface area contributed by atoms with Crippen LogP contribution < -0.4 is 0 Å². The third kappa shape index (κ3) is 4.94. The SMILES string of the molecule is CCn1c(C)nc(C(C)C)c1Sc1cc(F)cc(F)c1.CN1OC1=O. The molecule has 1 fully saturated rings. The van der Waals surface area contributed by atoms with Gasteiger partial charge in [0.2, 0.25) is 0 Å². The Labute approximate surface area is 149 Å². The monoisotopic (exact) mass is 369 g/mol. The van der Waals surface area contributed by atoms with Crippen LogP contribution in [0, 0.1) is 18.6 Å². The summed E-state index contributed by atoms with van der Waals surface area (Å²) in [5, 5.41) is 2.12. The first kappa shape index (κ1) is 19.2. The lowest BCUT2D eigenvalue weighted by Crippen LogP contribution is -2.00. The Bertz CT molecular complexity index is 757. The minimum absolute atomic E-state index is 0.245. The molecule has 1 saturated heterocycles. The number of hydroxylamine groups is 2. The molecule has 3 rings (SSSR count). The molecule has 5 nitrogen and oxygen atoms in total. The van der Waals surface area contributed by atoms with Gasteiger partial charge in [0.05, 0.1) is 12.7 Å². The van der Waals surface area contributed by atoms with Gasteiger partial charge in [0.15, 0.2) is 0 Å². The van der Waals surface area contributed by atoms with Gasteiger partial charge in [-0.3, -0.25) is 0 Å². The average molecular weight is 369 g/mol. The Morgan fingerprint density at radius 3 is 2.16 bits per heavy atom. The molecule has 0 N–H and O–H groups in total. The summed E-state index contributed by atoms with van der Waals surface area (Å²) in [6, 6.07) is 3.58. The minimum Gasteiger partial charge on any atom is -0.323 e. The largest absolute Gasteiger partial charge is 0.467 e. The standard InChI is InChI=1S/C15H18F2N2S.C2H3NO2/c1-5-19-10(4)18-14(9(2)3)15(19)20-13-7-11(16)6-12(17)8-13;1-3-2(4)5-3/h6-9H,5H2,1-4H3;1H3. The minimum atomic E-state index is -0.558. The van der Waals surface area contributed by atoms with Gasteiger partial charge >= 0.3 is 6.09 Å². The molecule has 25 heavy (non-hydrogen) atoms. The van der Waals surface area contributed by atoms with E-state index in [0.29, 0.717) is 4.90 Å². The molecule has 0 aliphatic carbocycles. The number of halogens is 2. The molecule has 0 radical (unpaired) electrons. The average Bonchev–Trinajstić information content (AvgIpc) is 3.04. The number of hydrogen-bond acceptors (Lipinski definition) is 4. The van der Waals surface area contributed by atoms with Crippen LogP contribution in [0.2, 0.25) is 0 Å². The maximum absolute atomic E-state index is 13.3. The number of imidazole rings is 1. The predicted octanol–water partition coefficient (Wildman–Crippen LogP) is 4.75. The van der Waals surface area contributed by atoms with Crippen molar-refractivity contribution < 1.29 is 18.4 Å². The van der Waals surface area contributed by atoms with Crippen molar-refractivity contribution in [3.8, 4) is 0 Å². The number of benzene rings is 1. The van der Waals surface area contributed by atoms with E-state index in [-0.39, 0.29) is 12.0 Å². The lowest BCUT2D eigenvalue weighted by molar-refractivity contribution is 0.227. The molecule has 1 aromatic carbocycles. The van der Waals surface area contributed by atoms with E-state index < -0.39 is 11.6 Å². The second-order valence-electron chi connectivity index (χ2n) is 5.81. The summed E-state index contributed by atoms with van der Waals surface area (Å²) < 4.78 is 28.7. The summed E-state index contributed by atoms with van der Waals surface area (Å²) in [4.78, 5) is 18.8. The molecule has 136 valence electrons. The third-order valence-electron chi connectivity index (χ3n) is 3.49. The van der Waals surface area contributed by atoms with Crippen molar-refractivity contribution >= 4 is 17.9 Å². The number of hydrogen-bond donors (Lipinski definition) is 0. The lowest BCUT2D eigenvalue weighted by Gasteiger charge is -2.10. The molecule has 0 bridgehead atoms. The summed E-state index contributed by atoms with van der Waals surface area (Å²) >= 11 is 1.36. The number of aryl methyl sites for hydroxylation is 1. The highest BCUT2D eigenvalue weighted by Crippen LogP contribution is 2.35. The van der Waals surface area contributed by atoms with Crippen LogP contribution in [0.5, 0.6) is 0 Å². The van der Waals surface area contributed by atoms with Crippen molar-refractivity contribution in [3.63, 3.8) is 0 Å². The molecule has 0 spiro atoms. The summed E-state index contributed by atoms with van der Waals surface area (Å²) in [5.74, 6) is 0.0775. The molecule has 0 atom stereocenters. The second-order valence-corrected chi connectivity index (χ2v) is 6.87. The van der Waals surface area contributed by atoms with Crippen molar-refractivity contribution in [2.45, 2.75) is 50.1 Å². The fourth-order valence-electron chi connectivity index (χ4n) is 2.22. The van der Waals surface area contributed by atoms with E-state index in [9.17, 15) is 13.6 Å². The van der Waals surface area contributed by atoms with Gasteiger partial charge in [0.25, 0.3) is 0 Å². The molecule has 0 saturated carbocycles. The Morgan fingerprint density at radius 1 is 1.24 bits per heavy atom. The maximum Gasteiger partial charge on any atom is 0.467 e. The highest BCUT2D eigenvalue weighted by atomic mass is 32.2. The molecule has 2 heterocycles. The molecular weight excluding hydrogens is 348 g/mol. The van der Waals surface area contributed by atoms with Gasteiger partial charge in [-0.05, 0) is 31.9 Å². The van der Waals surface area contributed by atoms with Gasteiger partial charge < -0.3 is 9.40 Å². The van der Waals surface area contributed by atoms with Gasteiger partial charge in [-0.25, -0.2) is 18.6 Å². The van der Waals surface area contributed by atoms with Crippen LogP contribution in [0.25, 0.3) is 0 Å². The van der Waals surface area contributed by atoms with Gasteiger partial charge in [0.1, 0.15) is 22.5 Å². The summed E-state index contributed by atoms with van der Waals surface area (Å²) in [5.41, 5.74) is 0.971. The first-order valence-corrected chi connectivity index (χ1v) is 8.71. The van der Waals surface area contributed by atoms with Crippen LogP contribution in [0.15, 0.2) is 28.1 Å². The number of rotatable bonds is 4. The second kappa shape index (κ2) is 7.86. The summed E-state index contributed by atoms with van der Waals surface area (Å²) in [6.45, 7) is 8.91. The van der Waals surface area contributed by atoms with E-state index >= 15 is 0 Å². The van der Waals surface area contributed by atoms with E-state index in [1.54, 1.807) is 7.05 Å². The van der Waals surface area contributed by atoms with Crippen molar-refractivity contribution in [2.75, 3.05) is 7.05 Å². The Morgan fingerprint density at radius 2 is 1.76 bits per heavy atom. The first-order chi connectivity index (χ1) is 11.7. The van der Waals surface area contributed by atoms with E-state index in [0.717, 1.165) is 34.2 Å². The van der Waals surface area contributed by atoms with Crippen molar-refractivity contribution in [3.05, 3.63) is 41.4 Å². The van der Waals surface area contributed by atoms with E-state index in [1.165, 1.54) is 23.9 Å². The number of carbonyl (C=O) groups excluding carboxylic acids is 1. The van der Waals surface area contributed by atoms with E-state index in [1.807, 2.05) is 13.8 Å². The van der Waals surface area contributed by atoms with Crippen molar-refractivity contribution in [1.29, 1.82) is 0 Å². The quantitative estimate of drug-likeness (QED) is 0.730. The Hall–Kier alpha value is -2.09. The molecule has 2 aromatic rings. The topological polar surface area (TPSA) is 50.4 Å². The zero-order chi connectivity index (χ0) is 18.7. The molecule has 8 heteroatoms. The highest BCUT2D eigenvalue weighted by molar-refractivity contribution is 7.99. The van der Waals surface area contributed by atoms with E-state index in [4.69, 9.17) is 0 Å². The van der Waals surface area contributed by atoms with Crippen LogP contribution in [-0.4, -0.2) is 27.8 Å². The van der Waals surface area contributed by atoms with Crippen molar-refractivity contribution in [1.82, 2.24) is 14.6 Å². The maximum atomic E-state index is 13.3. The van der Waals surface area contributed by atoms with Crippen LogP contribution in [0.1, 0.15) is 38.2 Å². The fraction of sp³-hybridized carbons (Fsp3) is 0.412. The molecule has 1 aromatic heterocycles. The van der Waals surface area contributed by atoms with E-state index in [2.05, 4.69) is 28.2 Å². The Kier molecular flexibility index (Phi) is 6.05. The third-order valence-corrected chi connectivity index (χ3v) is 4.58. The number of aromatic nitrogens is 2. The van der Waals surface area contributed by atoms with Crippen LogP contribution in [-0.2, 0) is 11.4 Å². The smallest absolute Gasteiger partial charge is 0.323 e. The fourth-order valence-corrected chi connectivity index (χ4v) is 3.54. The van der Waals surface area contributed by atoms with Gasteiger partial charge in [-0.2, -0.15) is 0 Å².